The van der Waals surface area contributed by atoms with Crippen LogP contribution < -0.4 is 5.73 Å². The average Bonchev–Trinajstić information content (AvgIpc) is 2.44. The summed E-state index contributed by atoms with van der Waals surface area (Å²) in [6.45, 7) is 2.29. The third-order valence-electron chi connectivity index (χ3n) is 2.45. The van der Waals surface area contributed by atoms with E-state index in [1.54, 1.807) is 13.2 Å². The zero-order chi connectivity index (χ0) is 14.8. The molecule has 1 atom stereocenters. The van der Waals surface area contributed by atoms with Crippen molar-refractivity contribution in [1.29, 1.82) is 0 Å². The Hall–Kier alpha value is -1.02. The Morgan fingerprint density at radius 2 is 1.80 bits per heavy atom. The monoisotopic (exact) mass is 305 g/mol. The van der Waals surface area contributed by atoms with Gasteiger partial charge < -0.3 is 19.9 Å². The Bertz CT molecular complexity index is 431. The minimum Gasteiger partial charge on any atom is -0.396 e. The molecule has 0 aliphatic carbocycles. The van der Waals surface area contributed by atoms with E-state index in [1.165, 1.54) is 12.1 Å². The maximum atomic E-state index is 13.2. The maximum absolute atomic E-state index is 13.2. The fourth-order valence-electron chi connectivity index (χ4n) is 1.37. The van der Waals surface area contributed by atoms with Crippen molar-refractivity contribution in [3.8, 4) is 0 Å². The number of ether oxygens (including phenoxy) is 3. The molecule has 1 aromatic carbocycles. The molecular formula is C13H20FNO4S. The van der Waals surface area contributed by atoms with Gasteiger partial charge in [-0.05, 0) is 18.2 Å². The number of benzene rings is 1. The molecule has 0 bridgehead atoms. The van der Waals surface area contributed by atoms with Crippen molar-refractivity contribution < 1.29 is 22.8 Å². The summed E-state index contributed by atoms with van der Waals surface area (Å²) in [6, 6.07) is 4.16. The zero-order valence-corrected chi connectivity index (χ0v) is 12.3. The second-order valence-corrected chi connectivity index (χ2v) is 5.52. The number of anilines is 1. The van der Waals surface area contributed by atoms with Crippen LogP contribution in [0.15, 0.2) is 23.1 Å². The first kappa shape index (κ1) is 17.0. The number of nitrogens with two attached hydrogens (primary N) is 1. The topological polar surface area (TPSA) is 70.8 Å². The highest BCUT2D eigenvalue weighted by molar-refractivity contribution is 7.85. The van der Waals surface area contributed by atoms with Crippen molar-refractivity contribution >= 4 is 16.5 Å². The van der Waals surface area contributed by atoms with Gasteiger partial charge in [0.05, 0.1) is 55.3 Å². The molecule has 0 aromatic heterocycles. The third kappa shape index (κ3) is 6.42. The molecule has 0 saturated heterocycles. The SMILES string of the molecule is COCCOCCOCCS(=O)c1ccc(N)c(F)c1. The van der Waals surface area contributed by atoms with Crippen molar-refractivity contribution in [2.75, 3.05) is 51.6 Å². The van der Waals surface area contributed by atoms with Crippen molar-refractivity contribution in [1.82, 2.24) is 0 Å². The first-order chi connectivity index (χ1) is 9.65. The molecule has 5 nitrogen and oxygen atoms in total. The molecular weight excluding hydrogens is 285 g/mol. The van der Waals surface area contributed by atoms with Crippen molar-refractivity contribution in [3.05, 3.63) is 24.0 Å². The highest BCUT2D eigenvalue weighted by atomic mass is 32.2. The Morgan fingerprint density at radius 1 is 1.15 bits per heavy atom. The number of hydrogen-bond donors (Lipinski definition) is 1. The van der Waals surface area contributed by atoms with Gasteiger partial charge in [0.25, 0.3) is 0 Å². The fraction of sp³-hybridized carbons (Fsp3) is 0.538. The Labute approximate surface area is 120 Å². The molecule has 0 aliphatic rings. The van der Waals surface area contributed by atoms with Crippen LogP contribution >= 0.6 is 0 Å². The van der Waals surface area contributed by atoms with Crippen LogP contribution in [-0.2, 0) is 25.0 Å². The van der Waals surface area contributed by atoms with Crippen molar-refractivity contribution in [2.24, 2.45) is 0 Å². The molecule has 1 rings (SSSR count). The van der Waals surface area contributed by atoms with Gasteiger partial charge >= 0.3 is 0 Å². The van der Waals surface area contributed by atoms with Crippen LogP contribution in [-0.4, -0.2) is 50.1 Å². The molecule has 0 heterocycles. The molecule has 0 aliphatic heterocycles. The number of halogens is 1. The summed E-state index contributed by atoms with van der Waals surface area (Å²) in [7, 11) is 0.313. The minimum absolute atomic E-state index is 0.0511. The van der Waals surface area contributed by atoms with E-state index < -0.39 is 16.6 Å². The van der Waals surface area contributed by atoms with Crippen LogP contribution in [0, 0.1) is 5.82 Å². The lowest BCUT2D eigenvalue weighted by atomic mass is 10.3. The van der Waals surface area contributed by atoms with Gasteiger partial charge in [0, 0.05) is 12.0 Å². The summed E-state index contributed by atoms with van der Waals surface area (Å²) < 4.78 is 40.4. The highest BCUT2D eigenvalue weighted by Gasteiger charge is 2.07. The van der Waals surface area contributed by atoms with Crippen LogP contribution in [0.1, 0.15) is 0 Å². The van der Waals surface area contributed by atoms with Crippen LogP contribution in [0.4, 0.5) is 10.1 Å². The van der Waals surface area contributed by atoms with Gasteiger partial charge in [0.2, 0.25) is 0 Å². The summed E-state index contributed by atoms with van der Waals surface area (Å²) in [5, 5.41) is 0. The summed E-state index contributed by atoms with van der Waals surface area (Å²) in [4.78, 5) is 0.414. The van der Waals surface area contributed by atoms with Crippen molar-refractivity contribution in [2.45, 2.75) is 4.90 Å². The lowest BCUT2D eigenvalue weighted by Gasteiger charge is -2.06. The maximum Gasteiger partial charge on any atom is 0.147 e. The smallest absolute Gasteiger partial charge is 0.147 e. The molecule has 0 fully saturated rings. The van der Waals surface area contributed by atoms with E-state index >= 15 is 0 Å². The molecule has 0 radical (unpaired) electrons. The lowest BCUT2D eigenvalue weighted by molar-refractivity contribution is 0.0285. The molecule has 114 valence electrons. The lowest BCUT2D eigenvalue weighted by Crippen LogP contribution is -2.12. The van der Waals surface area contributed by atoms with Gasteiger partial charge in [-0.15, -0.1) is 0 Å². The fourth-order valence-corrected chi connectivity index (χ4v) is 2.33. The van der Waals surface area contributed by atoms with Crippen LogP contribution in [0.5, 0.6) is 0 Å². The second kappa shape index (κ2) is 9.82. The number of methoxy groups -OCH3 is 1. The first-order valence-corrected chi connectivity index (χ1v) is 7.55. The predicted octanol–water partition coefficient (Wildman–Crippen LogP) is 1.20. The molecule has 2 N–H and O–H groups in total. The second-order valence-electron chi connectivity index (χ2n) is 3.95. The van der Waals surface area contributed by atoms with Gasteiger partial charge in [0.15, 0.2) is 0 Å². The minimum atomic E-state index is -1.29. The van der Waals surface area contributed by atoms with E-state index in [2.05, 4.69) is 0 Å². The zero-order valence-electron chi connectivity index (χ0n) is 11.5. The van der Waals surface area contributed by atoms with Crippen LogP contribution in [0.2, 0.25) is 0 Å². The van der Waals surface area contributed by atoms with E-state index in [0.29, 0.717) is 43.7 Å². The number of hydrogen-bond acceptors (Lipinski definition) is 5. The molecule has 20 heavy (non-hydrogen) atoms. The quantitative estimate of drug-likeness (QED) is 0.519. The summed E-state index contributed by atoms with van der Waals surface area (Å²) in [6.07, 6.45) is 0. The standard InChI is InChI=1S/C13H20FNO4S/c1-17-4-5-18-6-7-19-8-9-20(16)11-2-3-13(15)12(14)10-11/h2-3,10H,4-9,15H2,1H3. The highest BCUT2D eigenvalue weighted by Crippen LogP contribution is 2.14. The molecule has 1 aromatic rings. The summed E-state index contributed by atoms with van der Waals surface area (Å²) >= 11 is 0. The Kier molecular flexibility index (Phi) is 8.36. The molecule has 1 unspecified atom stereocenters. The van der Waals surface area contributed by atoms with Gasteiger partial charge in [0.1, 0.15) is 5.82 Å². The largest absolute Gasteiger partial charge is 0.396 e. The normalized spacial score (nSPS) is 12.5. The molecule has 7 heteroatoms. The third-order valence-corrected chi connectivity index (χ3v) is 3.77. The number of rotatable bonds is 10. The number of nitrogen functional groups attached to an aromatic ring is 1. The Morgan fingerprint density at radius 3 is 2.45 bits per heavy atom. The van der Waals surface area contributed by atoms with E-state index in [4.69, 9.17) is 19.9 Å². The van der Waals surface area contributed by atoms with Gasteiger partial charge in [-0.2, -0.15) is 0 Å². The summed E-state index contributed by atoms with van der Waals surface area (Å²) in [5.74, 6) is -0.246. The predicted molar refractivity (Wildman–Crippen MR) is 75.6 cm³/mol. The van der Waals surface area contributed by atoms with E-state index in [-0.39, 0.29) is 5.69 Å². The van der Waals surface area contributed by atoms with Crippen LogP contribution in [0.3, 0.4) is 0 Å². The molecule has 0 spiro atoms. The average molecular weight is 305 g/mol. The van der Waals surface area contributed by atoms with E-state index in [9.17, 15) is 8.60 Å². The summed E-state index contributed by atoms with van der Waals surface area (Å²) in [5.41, 5.74) is 5.41. The first-order valence-electron chi connectivity index (χ1n) is 6.23. The molecule has 0 amide bonds. The van der Waals surface area contributed by atoms with Gasteiger partial charge in [-0.3, -0.25) is 4.21 Å². The molecule has 0 saturated carbocycles. The Balaban J connectivity index is 2.15. The van der Waals surface area contributed by atoms with E-state index in [0.717, 1.165) is 0 Å². The van der Waals surface area contributed by atoms with Crippen LogP contribution in [0.25, 0.3) is 0 Å². The van der Waals surface area contributed by atoms with Gasteiger partial charge in [-0.1, -0.05) is 0 Å². The van der Waals surface area contributed by atoms with Gasteiger partial charge in [-0.25, -0.2) is 4.39 Å². The van der Waals surface area contributed by atoms with Crippen molar-refractivity contribution in [3.63, 3.8) is 0 Å². The van der Waals surface area contributed by atoms with E-state index in [1.807, 2.05) is 0 Å².